The van der Waals surface area contributed by atoms with E-state index in [1.54, 1.807) is 12.3 Å². The Kier molecular flexibility index (Phi) is 4.75. The number of fused-ring (bicyclic) bond motifs is 1. The lowest BCUT2D eigenvalue weighted by molar-refractivity contribution is 0.0474. The van der Waals surface area contributed by atoms with E-state index in [4.69, 9.17) is 4.74 Å². The average molecular weight is 391 g/mol. The molecule has 0 atom stereocenters. The summed E-state index contributed by atoms with van der Waals surface area (Å²) in [7, 11) is 0. The Bertz CT molecular complexity index is 1230. The Balaban J connectivity index is 1.58. The van der Waals surface area contributed by atoms with Crippen LogP contribution in [0, 0.1) is 13.8 Å². The number of benzene rings is 1. The summed E-state index contributed by atoms with van der Waals surface area (Å²) in [5, 5.41) is 0.781. The van der Waals surface area contributed by atoms with Crippen molar-refractivity contribution < 1.29 is 9.53 Å². The van der Waals surface area contributed by atoms with Gasteiger partial charge < -0.3 is 4.74 Å². The molecule has 4 aromatic rings. The van der Waals surface area contributed by atoms with Crippen molar-refractivity contribution in [2.45, 2.75) is 20.5 Å². The summed E-state index contributed by atoms with van der Waals surface area (Å²) in [4.78, 5) is 34.3. The second kappa shape index (κ2) is 7.36. The first-order chi connectivity index (χ1) is 13.5. The zero-order valence-electron chi connectivity index (χ0n) is 15.4. The minimum atomic E-state index is -0.477. The van der Waals surface area contributed by atoms with Crippen LogP contribution in [0.3, 0.4) is 0 Å². The number of aryl methyl sites for hydroxylation is 2. The molecular weight excluding hydrogens is 374 g/mol. The highest BCUT2D eigenvalue weighted by molar-refractivity contribution is 7.14. The zero-order chi connectivity index (χ0) is 19.7. The number of ether oxygens (including phenoxy) is 1. The number of esters is 1. The van der Waals surface area contributed by atoms with E-state index in [2.05, 4.69) is 9.97 Å². The first kappa shape index (κ1) is 18.1. The van der Waals surface area contributed by atoms with Crippen LogP contribution in [-0.4, -0.2) is 20.3 Å². The van der Waals surface area contributed by atoms with E-state index in [9.17, 15) is 9.59 Å². The Morgan fingerprint density at radius 3 is 2.68 bits per heavy atom. The SMILES string of the molecule is Cc1ccc2nc(COC(=O)c3sc(C)nc3-c3ccccc3)cc(=O)n2c1. The van der Waals surface area contributed by atoms with Crippen LogP contribution in [-0.2, 0) is 11.3 Å². The number of aromatic nitrogens is 3. The van der Waals surface area contributed by atoms with Gasteiger partial charge in [-0.1, -0.05) is 36.4 Å². The summed E-state index contributed by atoms with van der Waals surface area (Å²) in [6.07, 6.45) is 1.73. The van der Waals surface area contributed by atoms with Gasteiger partial charge in [-0.3, -0.25) is 9.20 Å². The van der Waals surface area contributed by atoms with Crippen molar-refractivity contribution >= 4 is 23.0 Å². The highest BCUT2D eigenvalue weighted by Crippen LogP contribution is 2.28. The lowest BCUT2D eigenvalue weighted by atomic mass is 10.1. The van der Waals surface area contributed by atoms with Crippen LogP contribution < -0.4 is 5.56 Å². The third-order valence-corrected chi connectivity index (χ3v) is 5.13. The lowest BCUT2D eigenvalue weighted by Crippen LogP contribution is -2.16. The zero-order valence-corrected chi connectivity index (χ0v) is 16.2. The van der Waals surface area contributed by atoms with Crippen LogP contribution in [0.1, 0.15) is 25.9 Å². The third-order valence-electron chi connectivity index (χ3n) is 4.18. The van der Waals surface area contributed by atoms with Crippen molar-refractivity contribution in [3.8, 4) is 11.3 Å². The summed E-state index contributed by atoms with van der Waals surface area (Å²) in [5.41, 5.74) is 3.14. The number of rotatable bonds is 4. The Morgan fingerprint density at radius 1 is 1.11 bits per heavy atom. The maximum Gasteiger partial charge on any atom is 0.351 e. The molecule has 1 aromatic carbocycles. The molecule has 0 fully saturated rings. The molecule has 0 aliphatic heterocycles. The normalized spacial score (nSPS) is 10.9. The predicted molar refractivity (Wildman–Crippen MR) is 108 cm³/mol. The van der Waals surface area contributed by atoms with Gasteiger partial charge in [-0.05, 0) is 25.5 Å². The number of thiazole rings is 1. The largest absolute Gasteiger partial charge is 0.455 e. The van der Waals surface area contributed by atoms with Crippen LogP contribution >= 0.6 is 11.3 Å². The number of hydrogen-bond acceptors (Lipinski definition) is 6. The molecule has 0 radical (unpaired) electrons. The number of carbonyl (C=O) groups excluding carboxylic acids is 1. The molecule has 0 aliphatic rings. The fraction of sp³-hybridized carbons (Fsp3) is 0.143. The molecule has 0 amide bonds. The van der Waals surface area contributed by atoms with Gasteiger partial charge in [-0.15, -0.1) is 11.3 Å². The first-order valence-corrected chi connectivity index (χ1v) is 9.52. The molecule has 28 heavy (non-hydrogen) atoms. The average Bonchev–Trinajstić information content (AvgIpc) is 3.09. The standard InChI is InChI=1S/C21H17N3O3S/c1-13-8-9-17-23-16(10-18(25)24(17)11-13)12-27-21(26)20-19(22-14(2)28-20)15-6-4-3-5-7-15/h3-11H,12H2,1-2H3. The highest BCUT2D eigenvalue weighted by Gasteiger charge is 2.20. The summed E-state index contributed by atoms with van der Waals surface area (Å²) in [5.74, 6) is -0.477. The van der Waals surface area contributed by atoms with Gasteiger partial charge in [0.2, 0.25) is 0 Å². The molecule has 3 heterocycles. The van der Waals surface area contributed by atoms with Crippen LogP contribution in [0.5, 0.6) is 0 Å². The van der Waals surface area contributed by atoms with Crippen molar-refractivity contribution in [1.29, 1.82) is 0 Å². The summed E-state index contributed by atoms with van der Waals surface area (Å²) >= 11 is 1.29. The van der Waals surface area contributed by atoms with Crippen molar-refractivity contribution in [3.05, 3.63) is 86.2 Å². The number of carbonyl (C=O) groups is 1. The molecule has 0 unspecified atom stereocenters. The second-order valence-corrected chi connectivity index (χ2v) is 7.58. The van der Waals surface area contributed by atoms with Crippen molar-refractivity contribution in [2.24, 2.45) is 0 Å². The van der Waals surface area contributed by atoms with E-state index < -0.39 is 5.97 Å². The lowest BCUT2D eigenvalue weighted by Gasteiger charge is -2.07. The van der Waals surface area contributed by atoms with Gasteiger partial charge in [-0.2, -0.15) is 0 Å². The number of nitrogens with zero attached hydrogens (tertiary/aromatic N) is 3. The van der Waals surface area contributed by atoms with Gasteiger partial charge in [0.25, 0.3) is 5.56 Å². The maximum atomic E-state index is 12.7. The fourth-order valence-corrected chi connectivity index (χ4v) is 3.73. The van der Waals surface area contributed by atoms with Crippen LogP contribution in [0.4, 0.5) is 0 Å². The molecule has 0 N–H and O–H groups in total. The van der Waals surface area contributed by atoms with E-state index in [1.807, 2.05) is 50.2 Å². The van der Waals surface area contributed by atoms with Crippen LogP contribution in [0.25, 0.3) is 16.9 Å². The Labute approximate surface area is 165 Å². The van der Waals surface area contributed by atoms with Gasteiger partial charge in [0.1, 0.15) is 17.1 Å². The molecule has 4 rings (SSSR count). The summed E-state index contributed by atoms with van der Waals surface area (Å²) in [6, 6.07) is 14.5. The van der Waals surface area contributed by atoms with Crippen molar-refractivity contribution in [1.82, 2.24) is 14.4 Å². The Hall–Kier alpha value is -3.32. The molecule has 0 aliphatic carbocycles. The second-order valence-electron chi connectivity index (χ2n) is 6.37. The first-order valence-electron chi connectivity index (χ1n) is 8.70. The third kappa shape index (κ3) is 3.57. The fourth-order valence-electron chi connectivity index (χ4n) is 2.89. The molecule has 0 saturated carbocycles. The molecule has 140 valence electrons. The minimum Gasteiger partial charge on any atom is -0.455 e. The van der Waals surface area contributed by atoms with Gasteiger partial charge in [0.15, 0.2) is 0 Å². The van der Waals surface area contributed by atoms with Crippen molar-refractivity contribution in [2.75, 3.05) is 0 Å². The molecule has 7 heteroatoms. The molecule has 3 aromatic heterocycles. The number of pyridine rings is 1. The molecule has 6 nitrogen and oxygen atoms in total. The van der Waals surface area contributed by atoms with Crippen LogP contribution in [0.2, 0.25) is 0 Å². The van der Waals surface area contributed by atoms with E-state index in [1.165, 1.54) is 21.8 Å². The minimum absolute atomic E-state index is 0.0797. The smallest absolute Gasteiger partial charge is 0.351 e. The predicted octanol–water partition coefficient (Wildman–Crippen LogP) is 3.79. The Morgan fingerprint density at radius 2 is 1.89 bits per heavy atom. The topological polar surface area (TPSA) is 73.6 Å². The van der Waals surface area contributed by atoms with Gasteiger partial charge in [0.05, 0.1) is 16.4 Å². The van der Waals surface area contributed by atoms with Crippen molar-refractivity contribution in [3.63, 3.8) is 0 Å². The van der Waals surface area contributed by atoms with E-state index >= 15 is 0 Å². The van der Waals surface area contributed by atoms with E-state index in [-0.39, 0.29) is 12.2 Å². The van der Waals surface area contributed by atoms with Gasteiger partial charge in [0, 0.05) is 17.8 Å². The molecular formula is C21H17N3O3S. The summed E-state index contributed by atoms with van der Waals surface area (Å²) < 4.78 is 6.91. The van der Waals surface area contributed by atoms with E-state index in [0.717, 1.165) is 16.1 Å². The van der Waals surface area contributed by atoms with Gasteiger partial charge >= 0.3 is 5.97 Å². The molecule has 0 bridgehead atoms. The quantitative estimate of drug-likeness (QED) is 0.495. The van der Waals surface area contributed by atoms with Gasteiger partial charge in [-0.25, -0.2) is 14.8 Å². The highest BCUT2D eigenvalue weighted by atomic mass is 32.1. The summed E-state index contributed by atoms with van der Waals surface area (Å²) in [6.45, 7) is 3.67. The monoisotopic (exact) mass is 391 g/mol. The van der Waals surface area contributed by atoms with E-state index in [0.29, 0.717) is 21.9 Å². The number of hydrogen-bond donors (Lipinski definition) is 0. The molecule has 0 spiro atoms. The van der Waals surface area contributed by atoms with Crippen LogP contribution in [0.15, 0.2) is 59.5 Å². The maximum absolute atomic E-state index is 12.7. The molecule has 0 saturated heterocycles.